The molecule has 8 aromatic rings. The largest absolute Gasteiger partial charge is 0.334 e. The Hall–Kier alpha value is -6.90. The van der Waals surface area contributed by atoms with Crippen LogP contribution in [0.3, 0.4) is 0 Å². The second kappa shape index (κ2) is 13.7. The van der Waals surface area contributed by atoms with Crippen LogP contribution in [0.1, 0.15) is 47.2 Å². The van der Waals surface area contributed by atoms with E-state index in [0.29, 0.717) is 0 Å². The van der Waals surface area contributed by atoms with Gasteiger partial charge in [0.15, 0.2) is 0 Å². The van der Waals surface area contributed by atoms with E-state index in [4.69, 9.17) is 0 Å². The van der Waals surface area contributed by atoms with E-state index in [1.165, 1.54) is 83.4 Å². The monoisotopic (exact) mass is 730 g/mol. The van der Waals surface area contributed by atoms with Crippen LogP contribution in [-0.4, -0.2) is 10.6 Å². The van der Waals surface area contributed by atoms with Crippen molar-refractivity contribution in [3.05, 3.63) is 240 Å². The van der Waals surface area contributed by atoms with Crippen molar-refractivity contribution in [2.24, 2.45) is 0 Å². The van der Waals surface area contributed by atoms with Gasteiger partial charge >= 0.3 is 0 Å². The summed E-state index contributed by atoms with van der Waals surface area (Å²) in [7, 11) is 0. The number of nitrogens with zero attached hydrogens (tertiary/aromatic N) is 2. The van der Waals surface area contributed by atoms with Crippen molar-refractivity contribution in [3.63, 3.8) is 0 Å². The Morgan fingerprint density at radius 1 is 0.526 bits per heavy atom. The third kappa shape index (κ3) is 5.39. The number of anilines is 2. The number of rotatable bonds is 7. The summed E-state index contributed by atoms with van der Waals surface area (Å²) in [6, 6.07) is 63.8. The molecule has 2 heteroatoms. The van der Waals surface area contributed by atoms with Crippen molar-refractivity contribution in [1.82, 2.24) is 4.57 Å². The second-order valence-electron chi connectivity index (χ2n) is 15.5. The van der Waals surface area contributed by atoms with Gasteiger partial charge in [-0.15, -0.1) is 0 Å². The Morgan fingerprint density at radius 2 is 1.19 bits per heavy atom. The molecule has 1 aromatic heterocycles. The quantitative estimate of drug-likeness (QED) is 0.158. The van der Waals surface area contributed by atoms with Crippen LogP contribution in [-0.2, 0) is 5.41 Å². The third-order valence-electron chi connectivity index (χ3n) is 12.4. The van der Waals surface area contributed by atoms with Crippen molar-refractivity contribution in [1.29, 1.82) is 0 Å². The molecule has 1 unspecified atom stereocenters. The molecule has 272 valence electrons. The maximum absolute atomic E-state index is 2.55. The standard InChI is InChI=1S/C55H42N2/c1-5-18-40(19-6-1)54-36-42-21-15-16-28-53(42)57(54)48-32-34-50-49-33-31-47(56(45-26-11-4-12-27-45)46-30-29-39-17-13-14-20-41(39)35-46)37-51(49)55(52(50)38-48,43-22-7-2-8-23-43)44-24-9-3-10-25-44/h2-5,7-26,28-38,45H,1,6,27H2. The zero-order valence-corrected chi connectivity index (χ0v) is 31.8. The molecule has 1 heterocycles. The molecule has 0 aliphatic heterocycles. The van der Waals surface area contributed by atoms with E-state index in [9.17, 15) is 0 Å². The highest BCUT2D eigenvalue weighted by Gasteiger charge is 2.47. The highest BCUT2D eigenvalue weighted by atomic mass is 15.2. The van der Waals surface area contributed by atoms with E-state index in [2.05, 4.69) is 222 Å². The Labute approximate surface area is 334 Å². The summed E-state index contributed by atoms with van der Waals surface area (Å²) in [6.07, 6.45) is 19.1. The molecule has 3 aliphatic rings. The van der Waals surface area contributed by atoms with Crippen LogP contribution in [0.4, 0.5) is 11.4 Å². The fourth-order valence-corrected chi connectivity index (χ4v) is 9.82. The number of para-hydroxylation sites is 1. The minimum atomic E-state index is -0.566. The van der Waals surface area contributed by atoms with Gasteiger partial charge in [-0.05, 0) is 118 Å². The van der Waals surface area contributed by atoms with Crippen LogP contribution in [0.5, 0.6) is 0 Å². The van der Waals surface area contributed by atoms with Crippen molar-refractivity contribution in [2.45, 2.75) is 30.7 Å². The molecule has 57 heavy (non-hydrogen) atoms. The van der Waals surface area contributed by atoms with E-state index in [0.717, 1.165) is 19.3 Å². The number of aromatic nitrogens is 1. The minimum Gasteiger partial charge on any atom is -0.334 e. The number of hydrogen-bond acceptors (Lipinski definition) is 1. The molecule has 0 N–H and O–H groups in total. The van der Waals surface area contributed by atoms with Gasteiger partial charge in [-0.1, -0.05) is 164 Å². The van der Waals surface area contributed by atoms with Gasteiger partial charge in [0.1, 0.15) is 0 Å². The summed E-state index contributed by atoms with van der Waals surface area (Å²) in [5.41, 5.74) is 14.4. The van der Waals surface area contributed by atoms with E-state index < -0.39 is 5.41 Å². The fourth-order valence-electron chi connectivity index (χ4n) is 9.82. The van der Waals surface area contributed by atoms with E-state index in [1.54, 1.807) is 0 Å². The molecule has 1 atom stereocenters. The normalized spacial score (nSPS) is 16.4. The Morgan fingerprint density at radius 3 is 1.93 bits per heavy atom. The van der Waals surface area contributed by atoms with Gasteiger partial charge in [0, 0.05) is 22.4 Å². The van der Waals surface area contributed by atoms with Crippen LogP contribution in [0.25, 0.3) is 44.1 Å². The summed E-state index contributed by atoms with van der Waals surface area (Å²) in [5.74, 6) is 0. The first-order valence-electron chi connectivity index (χ1n) is 20.3. The fraction of sp³-hybridized carbons (Fsp3) is 0.0909. The number of fused-ring (bicyclic) bond motifs is 5. The molecule has 0 amide bonds. The predicted octanol–water partition coefficient (Wildman–Crippen LogP) is 13.9. The van der Waals surface area contributed by atoms with Gasteiger partial charge in [0.25, 0.3) is 0 Å². The lowest BCUT2D eigenvalue weighted by molar-refractivity contribution is 0.760. The van der Waals surface area contributed by atoms with E-state index >= 15 is 0 Å². The lowest BCUT2D eigenvalue weighted by atomic mass is 9.67. The van der Waals surface area contributed by atoms with Crippen molar-refractivity contribution in [3.8, 4) is 16.8 Å². The number of hydrogen-bond donors (Lipinski definition) is 0. The van der Waals surface area contributed by atoms with Gasteiger partial charge in [0.05, 0.1) is 22.7 Å². The van der Waals surface area contributed by atoms with Gasteiger partial charge in [-0.25, -0.2) is 0 Å². The highest BCUT2D eigenvalue weighted by Crippen LogP contribution is 2.57. The zero-order chi connectivity index (χ0) is 37.8. The summed E-state index contributed by atoms with van der Waals surface area (Å²) in [4.78, 5) is 2.55. The first kappa shape index (κ1) is 33.4. The van der Waals surface area contributed by atoms with Crippen molar-refractivity contribution >= 4 is 38.6 Å². The Kier molecular flexibility index (Phi) is 8.03. The molecule has 3 aliphatic carbocycles. The maximum atomic E-state index is 2.55. The van der Waals surface area contributed by atoms with Gasteiger partial charge in [-0.3, -0.25) is 0 Å². The van der Waals surface area contributed by atoms with Gasteiger partial charge in [-0.2, -0.15) is 0 Å². The van der Waals surface area contributed by atoms with Crippen molar-refractivity contribution in [2.75, 3.05) is 4.90 Å². The molecule has 0 fully saturated rings. The molecule has 11 rings (SSSR count). The third-order valence-corrected chi connectivity index (χ3v) is 12.4. The second-order valence-corrected chi connectivity index (χ2v) is 15.5. The summed E-state index contributed by atoms with van der Waals surface area (Å²) < 4.78 is 2.48. The molecule has 0 bridgehead atoms. The smallest absolute Gasteiger partial charge is 0.0715 e. The molecule has 0 saturated carbocycles. The number of allylic oxidation sites excluding steroid dienone is 6. The summed E-state index contributed by atoms with van der Waals surface area (Å²) >= 11 is 0. The maximum Gasteiger partial charge on any atom is 0.0715 e. The average molecular weight is 731 g/mol. The van der Waals surface area contributed by atoms with E-state index in [-0.39, 0.29) is 6.04 Å². The summed E-state index contributed by atoms with van der Waals surface area (Å²) in [5, 5.41) is 3.75. The van der Waals surface area contributed by atoms with Crippen LogP contribution in [0, 0.1) is 0 Å². The first-order chi connectivity index (χ1) is 28.3. The van der Waals surface area contributed by atoms with Crippen molar-refractivity contribution < 1.29 is 0 Å². The lowest BCUT2D eigenvalue weighted by Gasteiger charge is -2.36. The topological polar surface area (TPSA) is 8.17 Å². The average Bonchev–Trinajstić information content (AvgIpc) is 3.82. The SMILES string of the molecule is C1=CCC(N(c2ccc3c(c2)C(c2ccccc2)(c2ccccc2)c2cc(-n4c(C5=CCCC=C5)cc5ccccc54)ccc2-3)c2ccc3ccccc3c2)C=C1. The van der Waals surface area contributed by atoms with Crippen LogP contribution >= 0.6 is 0 Å². The molecule has 0 spiro atoms. The highest BCUT2D eigenvalue weighted by molar-refractivity contribution is 5.93. The molecular weight excluding hydrogens is 689 g/mol. The van der Waals surface area contributed by atoms with Gasteiger partial charge < -0.3 is 9.47 Å². The van der Waals surface area contributed by atoms with Gasteiger partial charge in [0.2, 0.25) is 0 Å². The van der Waals surface area contributed by atoms with Crippen LogP contribution in [0.2, 0.25) is 0 Å². The molecule has 0 radical (unpaired) electrons. The molecule has 0 saturated heterocycles. The van der Waals surface area contributed by atoms with Crippen LogP contribution in [0.15, 0.2) is 212 Å². The molecule has 2 nitrogen and oxygen atoms in total. The van der Waals surface area contributed by atoms with E-state index in [1.807, 2.05) is 0 Å². The zero-order valence-electron chi connectivity index (χ0n) is 31.8. The van der Waals surface area contributed by atoms with Crippen LogP contribution < -0.4 is 4.90 Å². The molecular formula is C55H42N2. The minimum absolute atomic E-state index is 0.177. The molecule has 7 aromatic carbocycles. The Balaban J connectivity index is 1.18. The summed E-state index contributed by atoms with van der Waals surface area (Å²) in [6.45, 7) is 0. The Bertz CT molecular complexity index is 2900. The number of benzene rings is 7. The first-order valence-corrected chi connectivity index (χ1v) is 20.3. The predicted molar refractivity (Wildman–Crippen MR) is 240 cm³/mol. The lowest BCUT2D eigenvalue weighted by Crippen LogP contribution is -2.31.